The third-order valence-corrected chi connectivity index (χ3v) is 6.15. The molecule has 0 spiro atoms. The Balaban J connectivity index is 1.58. The zero-order chi connectivity index (χ0) is 20.5. The second kappa shape index (κ2) is 7.72. The SMILES string of the molecule is N=C1C=C(c2cccc3c2C=CCC3)C=CC(C2=CC=CCc3ccccc32)C1=N. The van der Waals surface area contributed by atoms with Gasteiger partial charge in [-0.2, -0.15) is 0 Å². The van der Waals surface area contributed by atoms with Gasteiger partial charge in [-0.1, -0.05) is 85.0 Å². The van der Waals surface area contributed by atoms with E-state index in [0.29, 0.717) is 5.71 Å². The molecular weight excluding hydrogens is 364 g/mol. The van der Waals surface area contributed by atoms with Crippen molar-refractivity contribution >= 4 is 28.6 Å². The lowest BCUT2D eigenvalue weighted by Crippen LogP contribution is -2.20. The van der Waals surface area contributed by atoms with Gasteiger partial charge in [-0.3, -0.25) is 5.41 Å². The maximum absolute atomic E-state index is 8.78. The quantitative estimate of drug-likeness (QED) is 0.594. The standard InChI is InChI=1S/C28H24N2/c29-27-18-21(24-15-7-11-20-10-1-4-12-22(20)24)16-17-26(28(27)30)25-14-6-3-9-19-8-2-5-13-23(19)25/h2-8,11-18,26,29-30H,1,9-10H2. The van der Waals surface area contributed by atoms with Crippen molar-refractivity contribution in [3.8, 4) is 0 Å². The number of aryl methyl sites for hydroxylation is 1. The molecule has 2 heteroatoms. The summed E-state index contributed by atoms with van der Waals surface area (Å²) in [6.45, 7) is 0. The van der Waals surface area contributed by atoms with Crippen LogP contribution in [-0.2, 0) is 12.8 Å². The van der Waals surface area contributed by atoms with Gasteiger partial charge in [-0.05, 0) is 64.3 Å². The van der Waals surface area contributed by atoms with Crippen molar-refractivity contribution in [3.63, 3.8) is 0 Å². The molecule has 2 nitrogen and oxygen atoms in total. The van der Waals surface area contributed by atoms with E-state index in [0.717, 1.165) is 36.0 Å². The van der Waals surface area contributed by atoms with Crippen molar-refractivity contribution in [1.82, 2.24) is 0 Å². The van der Waals surface area contributed by atoms with Crippen LogP contribution in [0.4, 0.5) is 0 Å². The number of fused-ring (bicyclic) bond motifs is 2. The molecule has 146 valence electrons. The van der Waals surface area contributed by atoms with Gasteiger partial charge in [0.1, 0.15) is 0 Å². The summed E-state index contributed by atoms with van der Waals surface area (Å²) in [4.78, 5) is 0. The van der Waals surface area contributed by atoms with Gasteiger partial charge >= 0.3 is 0 Å². The fourth-order valence-electron chi connectivity index (χ4n) is 4.60. The first kappa shape index (κ1) is 18.5. The zero-order valence-electron chi connectivity index (χ0n) is 16.9. The molecule has 3 aliphatic rings. The number of hydrogen-bond acceptors (Lipinski definition) is 2. The molecule has 0 bridgehead atoms. The lowest BCUT2D eigenvalue weighted by atomic mass is 9.85. The first-order chi connectivity index (χ1) is 14.7. The molecule has 1 atom stereocenters. The molecule has 1 unspecified atom stereocenters. The molecule has 0 saturated carbocycles. The Morgan fingerprint density at radius 2 is 1.67 bits per heavy atom. The Labute approximate surface area is 177 Å². The first-order valence-corrected chi connectivity index (χ1v) is 10.5. The van der Waals surface area contributed by atoms with Gasteiger partial charge in [0.2, 0.25) is 0 Å². The van der Waals surface area contributed by atoms with E-state index in [1.807, 2.05) is 6.08 Å². The molecular formula is C28H24N2. The highest BCUT2D eigenvalue weighted by molar-refractivity contribution is 6.48. The van der Waals surface area contributed by atoms with Crippen molar-refractivity contribution in [1.29, 1.82) is 10.8 Å². The molecule has 0 aliphatic heterocycles. The van der Waals surface area contributed by atoms with E-state index in [4.69, 9.17) is 10.8 Å². The minimum atomic E-state index is -0.231. The zero-order valence-corrected chi connectivity index (χ0v) is 16.9. The number of allylic oxidation sites excluding steroid dienone is 9. The fourth-order valence-corrected chi connectivity index (χ4v) is 4.60. The van der Waals surface area contributed by atoms with Crippen LogP contribution in [-0.4, -0.2) is 11.4 Å². The fraction of sp³-hybridized carbons (Fsp3) is 0.143. The summed E-state index contributed by atoms with van der Waals surface area (Å²) in [6, 6.07) is 14.8. The van der Waals surface area contributed by atoms with Crippen molar-refractivity contribution in [3.05, 3.63) is 113 Å². The van der Waals surface area contributed by atoms with Crippen LogP contribution in [0.5, 0.6) is 0 Å². The van der Waals surface area contributed by atoms with Crippen LogP contribution in [0, 0.1) is 16.7 Å². The van der Waals surface area contributed by atoms with Crippen LogP contribution in [0.3, 0.4) is 0 Å². The number of nitrogens with one attached hydrogen (secondary N) is 2. The van der Waals surface area contributed by atoms with Crippen LogP contribution < -0.4 is 0 Å². The van der Waals surface area contributed by atoms with Crippen LogP contribution in [0.15, 0.2) is 85.0 Å². The van der Waals surface area contributed by atoms with Gasteiger partial charge < -0.3 is 5.41 Å². The lowest BCUT2D eigenvalue weighted by Gasteiger charge is -2.19. The molecule has 2 N–H and O–H groups in total. The summed E-state index contributed by atoms with van der Waals surface area (Å²) >= 11 is 0. The topological polar surface area (TPSA) is 47.7 Å². The van der Waals surface area contributed by atoms with Crippen LogP contribution in [0.1, 0.15) is 34.2 Å². The lowest BCUT2D eigenvalue weighted by molar-refractivity contribution is 0.984. The Morgan fingerprint density at radius 3 is 2.60 bits per heavy atom. The second-order valence-electron chi connectivity index (χ2n) is 7.99. The maximum Gasteiger partial charge on any atom is 0.0763 e. The summed E-state index contributed by atoms with van der Waals surface area (Å²) in [5.41, 5.74) is 8.93. The van der Waals surface area contributed by atoms with Gasteiger partial charge in [0.25, 0.3) is 0 Å². The molecule has 0 heterocycles. The number of benzene rings is 2. The largest absolute Gasteiger partial charge is 0.302 e. The predicted octanol–water partition coefficient (Wildman–Crippen LogP) is 6.45. The predicted molar refractivity (Wildman–Crippen MR) is 127 cm³/mol. The molecule has 0 radical (unpaired) electrons. The maximum atomic E-state index is 8.78. The van der Waals surface area contributed by atoms with Crippen molar-refractivity contribution in [2.75, 3.05) is 0 Å². The van der Waals surface area contributed by atoms with Gasteiger partial charge in [0, 0.05) is 5.92 Å². The first-order valence-electron chi connectivity index (χ1n) is 10.5. The monoisotopic (exact) mass is 388 g/mol. The summed E-state index contributed by atoms with van der Waals surface area (Å²) in [5.74, 6) is -0.231. The average molecular weight is 389 g/mol. The van der Waals surface area contributed by atoms with E-state index in [1.54, 1.807) is 0 Å². The highest BCUT2D eigenvalue weighted by Gasteiger charge is 2.25. The second-order valence-corrected chi connectivity index (χ2v) is 7.99. The van der Waals surface area contributed by atoms with E-state index in [2.05, 4.69) is 85.0 Å². The highest BCUT2D eigenvalue weighted by Crippen LogP contribution is 2.35. The van der Waals surface area contributed by atoms with Crippen LogP contribution in [0.2, 0.25) is 0 Å². The van der Waals surface area contributed by atoms with E-state index in [1.165, 1.54) is 22.3 Å². The molecule has 0 saturated heterocycles. The minimum Gasteiger partial charge on any atom is -0.302 e. The van der Waals surface area contributed by atoms with Gasteiger partial charge in [0.15, 0.2) is 0 Å². The third kappa shape index (κ3) is 3.25. The Morgan fingerprint density at radius 1 is 0.833 bits per heavy atom. The molecule has 0 amide bonds. The molecule has 5 rings (SSSR count). The normalized spacial score (nSPS) is 20.1. The third-order valence-electron chi connectivity index (χ3n) is 6.15. The highest BCUT2D eigenvalue weighted by atomic mass is 14.5. The Hall–Kier alpha value is -3.52. The smallest absolute Gasteiger partial charge is 0.0763 e. The average Bonchev–Trinajstić information content (AvgIpc) is 3.08. The number of hydrogen-bond donors (Lipinski definition) is 2. The Kier molecular flexibility index (Phi) is 4.76. The van der Waals surface area contributed by atoms with Gasteiger partial charge in [-0.25, -0.2) is 0 Å². The van der Waals surface area contributed by atoms with Crippen molar-refractivity contribution in [2.24, 2.45) is 5.92 Å². The number of rotatable bonds is 2. The van der Waals surface area contributed by atoms with E-state index < -0.39 is 0 Å². The molecule has 30 heavy (non-hydrogen) atoms. The van der Waals surface area contributed by atoms with Crippen molar-refractivity contribution < 1.29 is 0 Å². The van der Waals surface area contributed by atoms with Gasteiger partial charge in [0.05, 0.1) is 11.4 Å². The van der Waals surface area contributed by atoms with Crippen LogP contribution >= 0.6 is 0 Å². The van der Waals surface area contributed by atoms with Crippen LogP contribution in [0.25, 0.3) is 17.2 Å². The molecule has 2 aromatic carbocycles. The molecule has 2 aromatic rings. The molecule has 3 aliphatic carbocycles. The van der Waals surface area contributed by atoms with E-state index >= 15 is 0 Å². The Bertz CT molecular complexity index is 1200. The van der Waals surface area contributed by atoms with E-state index in [-0.39, 0.29) is 11.6 Å². The summed E-state index contributed by atoms with van der Waals surface area (Å²) < 4.78 is 0. The minimum absolute atomic E-state index is 0.231. The summed E-state index contributed by atoms with van der Waals surface area (Å²) in [6.07, 6.45) is 19.9. The summed E-state index contributed by atoms with van der Waals surface area (Å²) in [7, 11) is 0. The van der Waals surface area contributed by atoms with Crippen molar-refractivity contribution in [2.45, 2.75) is 19.3 Å². The molecule has 0 aromatic heterocycles. The van der Waals surface area contributed by atoms with Gasteiger partial charge in [-0.15, -0.1) is 0 Å². The summed E-state index contributed by atoms with van der Waals surface area (Å²) in [5, 5.41) is 17.4. The molecule has 0 fully saturated rings. The van der Waals surface area contributed by atoms with E-state index in [9.17, 15) is 0 Å².